The number of hydrogen-bond acceptors (Lipinski definition) is 1. The maximum absolute atomic E-state index is 13.2. The van der Waals surface area contributed by atoms with Crippen molar-refractivity contribution in [2.75, 3.05) is 6.26 Å². The van der Waals surface area contributed by atoms with Crippen molar-refractivity contribution in [3.63, 3.8) is 0 Å². The summed E-state index contributed by atoms with van der Waals surface area (Å²) in [6.45, 7) is 0. The molecule has 0 saturated carbocycles. The Kier molecular flexibility index (Phi) is 3.47. The van der Waals surface area contributed by atoms with Gasteiger partial charge in [0, 0.05) is 4.90 Å². The lowest BCUT2D eigenvalue weighted by Gasteiger charge is -2.10. The first-order chi connectivity index (χ1) is 6.38. The van der Waals surface area contributed by atoms with Crippen LogP contribution >= 0.6 is 27.7 Å². The molecular formula is C8H5BrF4S. The van der Waals surface area contributed by atoms with Crippen molar-refractivity contribution < 1.29 is 17.6 Å². The molecule has 6 heteroatoms. The van der Waals surface area contributed by atoms with Gasteiger partial charge < -0.3 is 0 Å². The molecule has 0 aliphatic carbocycles. The van der Waals surface area contributed by atoms with Crippen molar-refractivity contribution in [1.29, 1.82) is 0 Å². The van der Waals surface area contributed by atoms with Crippen LogP contribution in [-0.2, 0) is 6.18 Å². The molecule has 0 aliphatic heterocycles. The molecule has 0 aliphatic rings. The van der Waals surface area contributed by atoms with E-state index in [1.165, 1.54) is 0 Å². The molecule has 1 aromatic carbocycles. The predicted octanol–water partition coefficient (Wildman–Crippen LogP) is 4.33. The molecule has 0 atom stereocenters. The summed E-state index contributed by atoms with van der Waals surface area (Å²) in [4.78, 5) is 0.185. The van der Waals surface area contributed by atoms with Gasteiger partial charge in [-0.1, -0.05) is 0 Å². The van der Waals surface area contributed by atoms with Crippen molar-refractivity contribution in [2.45, 2.75) is 11.1 Å². The summed E-state index contributed by atoms with van der Waals surface area (Å²) in [5.74, 6) is -0.868. The highest BCUT2D eigenvalue weighted by atomic mass is 79.9. The van der Waals surface area contributed by atoms with Gasteiger partial charge in [-0.25, -0.2) is 4.39 Å². The maximum Gasteiger partial charge on any atom is 0.417 e. The molecule has 0 nitrogen and oxygen atoms in total. The van der Waals surface area contributed by atoms with E-state index in [-0.39, 0.29) is 4.90 Å². The summed E-state index contributed by atoms with van der Waals surface area (Å²) in [5.41, 5.74) is -0.993. The van der Waals surface area contributed by atoms with E-state index in [0.29, 0.717) is 0 Å². The third kappa shape index (κ3) is 2.23. The largest absolute Gasteiger partial charge is 0.417 e. The van der Waals surface area contributed by atoms with Gasteiger partial charge in [-0.2, -0.15) is 13.2 Å². The lowest BCUT2D eigenvalue weighted by molar-refractivity contribution is -0.138. The molecule has 0 bridgehead atoms. The zero-order chi connectivity index (χ0) is 10.9. The monoisotopic (exact) mass is 288 g/mol. The summed E-state index contributed by atoms with van der Waals surface area (Å²) in [6.07, 6.45) is -2.94. The molecule has 0 amide bonds. The minimum Gasteiger partial charge on any atom is -0.204 e. The Balaban J connectivity index is 3.31. The second kappa shape index (κ2) is 4.10. The van der Waals surface area contributed by atoms with E-state index in [0.717, 1.165) is 23.9 Å². The highest BCUT2D eigenvalue weighted by Crippen LogP contribution is 2.38. The Morgan fingerprint density at radius 3 is 2.29 bits per heavy atom. The fourth-order valence-electron chi connectivity index (χ4n) is 0.908. The van der Waals surface area contributed by atoms with Crippen molar-refractivity contribution >= 4 is 27.7 Å². The molecule has 0 heterocycles. The van der Waals surface area contributed by atoms with Crippen LogP contribution in [0.5, 0.6) is 0 Å². The van der Waals surface area contributed by atoms with Crippen molar-refractivity contribution in [3.05, 3.63) is 28.0 Å². The van der Waals surface area contributed by atoms with E-state index >= 15 is 0 Å². The molecule has 0 radical (unpaired) electrons. The van der Waals surface area contributed by atoms with E-state index in [1.54, 1.807) is 6.26 Å². The first-order valence-corrected chi connectivity index (χ1v) is 5.49. The van der Waals surface area contributed by atoms with Crippen LogP contribution in [0, 0.1) is 5.82 Å². The molecule has 0 N–H and O–H groups in total. The molecule has 0 aromatic heterocycles. The lowest BCUT2D eigenvalue weighted by Crippen LogP contribution is -2.07. The number of alkyl halides is 3. The van der Waals surface area contributed by atoms with Gasteiger partial charge >= 0.3 is 6.18 Å². The first kappa shape index (κ1) is 11.8. The van der Waals surface area contributed by atoms with Crippen molar-refractivity contribution in [3.8, 4) is 0 Å². The number of rotatable bonds is 1. The Morgan fingerprint density at radius 2 is 1.86 bits per heavy atom. The SMILES string of the molecule is CSc1ccc(C(F)(F)F)c(Br)c1F. The normalized spacial score (nSPS) is 11.9. The van der Waals surface area contributed by atoms with E-state index in [2.05, 4.69) is 15.9 Å². The van der Waals surface area contributed by atoms with Crippen molar-refractivity contribution in [2.24, 2.45) is 0 Å². The first-order valence-electron chi connectivity index (χ1n) is 3.47. The minimum atomic E-state index is -4.53. The van der Waals surface area contributed by atoms with E-state index in [9.17, 15) is 17.6 Å². The van der Waals surface area contributed by atoms with Crippen LogP contribution in [0.3, 0.4) is 0 Å². The average molecular weight is 289 g/mol. The molecule has 0 saturated heterocycles. The summed E-state index contributed by atoms with van der Waals surface area (Å²) in [5, 5.41) is 0. The topological polar surface area (TPSA) is 0 Å². The zero-order valence-corrected chi connectivity index (χ0v) is 9.36. The second-order valence-corrected chi connectivity index (χ2v) is 4.08. The lowest BCUT2D eigenvalue weighted by atomic mass is 10.2. The molecule has 14 heavy (non-hydrogen) atoms. The molecule has 1 rings (SSSR count). The number of hydrogen-bond donors (Lipinski definition) is 0. The highest BCUT2D eigenvalue weighted by molar-refractivity contribution is 9.10. The van der Waals surface area contributed by atoms with Gasteiger partial charge in [-0.15, -0.1) is 11.8 Å². The van der Waals surface area contributed by atoms with E-state index < -0.39 is 22.0 Å². The predicted molar refractivity (Wildman–Crippen MR) is 50.9 cm³/mol. The molecule has 78 valence electrons. The molecule has 1 aromatic rings. The van der Waals surface area contributed by atoms with Crippen LogP contribution in [0.1, 0.15) is 5.56 Å². The van der Waals surface area contributed by atoms with Gasteiger partial charge in [0.25, 0.3) is 0 Å². The van der Waals surface area contributed by atoms with Crippen LogP contribution in [-0.4, -0.2) is 6.26 Å². The average Bonchev–Trinajstić information content (AvgIpc) is 2.07. The van der Waals surface area contributed by atoms with Crippen LogP contribution in [0.15, 0.2) is 21.5 Å². The van der Waals surface area contributed by atoms with Gasteiger partial charge in [0.15, 0.2) is 5.82 Å². The number of halogens is 5. The van der Waals surface area contributed by atoms with Crippen molar-refractivity contribution in [1.82, 2.24) is 0 Å². The van der Waals surface area contributed by atoms with Gasteiger partial charge in [0.1, 0.15) is 0 Å². The Bertz CT molecular complexity index is 348. The Hall–Kier alpha value is -0.230. The van der Waals surface area contributed by atoms with Crippen LogP contribution in [0.2, 0.25) is 0 Å². The summed E-state index contributed by atoms with van der Waals surface area (Å²) >= 11 is 3.66. The Labute approximate surface area is 90.8 Å². The standard InChI is InChI=1S/C8H5BrF4S/c1-14-5-3-2-4(8(11,12)13)6(9)7(5)10/h2-3H,1H3. The van der Waals surface area contributed by atoms with E-state index in [4.69, 9.17) is 0 Å². The summed E-state index contributed by atoms with van der Waals surface area (Å²) in [6, 6.07) is 1.98. The summed E-state index contributed by atoms with van der Waals surface area (Å²) < 4.78 is 49.5. The molecule has 0 spiro atoms. The smallest absolute Gasteiger partial charge is 0.204 e. The van der Waals surface area contributed by atoms with Gasteiger partial charge in [-0.3, -0.25) is 0 Å². The number of benzene rings is 1. The van der Waals surface area contributed by atoms with Gasteiger partial charge in [0.2, 0.25) is 0 Å². The Morgan fingerprint density at radius 1 is 1.29 bits per heavy atom. The minimum absolute atomic E-state index is 0.185. The fourth-order valence-corrected chi connectivity index (χ4v) is 2.10. The zero-order valence-electron chi connectivity index (χ0n) is 6.95. The van der Waals surface area contributed by atoms with Crippen LogP contribution < -0.4 is 0 Å². The maximum atomic E-state index is 13.2. The second-order valence-electron chi connectivity index (χ2n) is 2.44. The number of thioether (sulfide) groups is 1. The fraction of sp³-hybridized carbons (Fsp3) is 0.250. The van der Waals surface area contributed by atoms with Crippen LogP contribution in [0.4, 0.5) is 17.6 Å². The molecular weight excluding hydrogens is 284 g/mol. The highest BCUT2D eigenvalue weighted by Gasteiger charge is 2.34. The van der Waals surface area contributed by atoms with Gasteiger partial charge in [-0.05, 0) is 34.3 Å². The van der Waals surface area contributed by atoms with E-state index in [1.807, 2.05) is 0 Å². The summed E-state index contributed by atoms with van der Waals surface area (Å²) in [7, 11) is 0. The van der Waals surface area contributed by atoms with Crippen LogP contribution in [0.25, 0.3) is 0 Å². The quantitative estimate of drug-likeness (QED) is 0.548. The molecule has 0 unspecified atom stereocenters. The third-order valence-corrected chi connectivity index (χ3v) is 3.10. The molecule has 0 fully saturated rings. The van der Waals surface area contributed by atoms with Gasteiger partial charge in [0.05, 0.1) is 10.0 Å². The third-order valence-electron chi connectivity index (χ3n) is 1.57.